The van der Waals surface area contributed by atoms with E-state index in [2.05, 4.69) is 136 Å². The predicted octanol–water partition coefficient (Wildman–Crippen LogP) is 10.7. The molecule has 0 atom stereocenters. The van der Waals surface area contributed by atoms with Gasteiger partial charge in [-0.3, -0.25) is 0 Å². The Labute approximate surface area is 1000 Å². The molecule has 144 heavy (non-hydrogen) atoms. The van der Waals surface area contributed by atoms with Gasteiger partial charge in [0.05, 0.1) is 89.2 Å². The van der Waals surface area contributed by atoms with Crippen LogP contribution in [0.3, 0.4) is 0 Å². The van der Waals surface area contributed by atoms with Crippen LogP contribution in [0.15, 0.2) is 138 Å². The van der Waals surface area contributed by atoms with Crippen LogP contribution in [0.1, 0.15) is 118 Å². The Morgan fingerprint density at radius 3 is 0.715 bits per heavy atom. The fourth-order valence-corrected chi connectivity index (χ4v) is 16.9. The van der Waals surface area contributed by atoms with Crippen molar-refractivity contribution in [3.8, 4) is 65.3 Å². The molecular formula is C84H74Cl3F3N30O12S6Y6-6. The molecule has 0 N–H and O–H groups in total. The average Bonchev–Trinajstić information content (AvgIpc) is 1.63. The number of hydrogen-bond donors (Lipinski definition) is 0. The van der Waals surface area contributed by atoms with E-state index in [9.17, 15) is 41.9 Å². The maximum Gasteiger partial charge on any atom is 0.368 e. The Balaban J connectivity index is 0.000000191. The smallest absolute Gasteiger partial charge is 0.368 e. The summed E-state index contributed by atoms with van der Waals surface area (Å²) >= 11 is 23.4. The Morgan fingerprint density at radius 1 is 0.299 bits per heavy atom. The maximum absolute atomic E-state index is 13.0. The van der Waals surface area contributed by atoms with Crippen molar-refractivity contribution in [2.75, 3.05) is 0 Å². The molecule has 0 spiro atoms. The monoisotopic (exact) mass is 2580 g/mol. The molecule has 2 aliphatic carbocycles. The molecule has 18 aromatic rings. The summed E-state index contributed by atoms with van der Waals surface area (Å²) in [4.78, 5) is 95.7. The number of nitrogens with zero attached hydrogens (tertiary/aromatic N) is 30. The summed E-state index contributed by atoms with van der Waals surface area (Å²) in [7, 11) is 9.26. The van der Waals surface area contributed by atoms with Gasteiger partial charge in [0.25, 0.3) is 0 Å². The van der Waals surface area contributed by atoms with Gasteiger partial charge >= 0.3 is 34.1 Å². The van der Waals surface area contributed by atoms with Crippen molar-refractivity contribution in [1.29, 1.82) is 0 Å². The van der Waals surface area contributed by atoms with Crippen LogP contribution in [0.2, 0.25) is 13.0 Å². The number of aryl methyl sites for hydroxylation is 10. The van der Waals surface area contributed by atoms with Gasteiger partial charge in [0.15, 0.2) is 0 Å². The Kier molecular flexibility index (Phi) is 46.9. The third kappa shape index (κ3) is 30.4. The largest absolute Gasteiger partial charge is 0.550 e. The molecule has 0 aliphatic heterocycles. The van der Waals surface area contributed by atoms with Crippen molar-refractivity contribution >= 4 is 103 Å². The predicted molar refractivity (Wildman–Crippen MR) is 498 cm³/mol. The Morgan fingerprint density at radius 2 is 0.507 bits per heavy atom. The summed E-state index contributed by atoms with van der Waals surface area (Å²) in [6.45, 7) is 9.07. The first-order valence-electron chi connectivity index (χ1n) is 41.2. The van der Waals surface area contributed by atoms with Gasteiger partial charge in [-0.05, 0) is 197 Å². The molecule has 20 rings (SSSR count). The number of thiazole rings is 6. The minimum atomic E-state index is -0.537. The second-order valence-electron chi connectivity index (χ2n) is 29.6. The van der Waals surface area contributed by atoms with Crippen LogP contribution in [0, 0.1) is 66.4 Å². The number of aromatic nitrogens is 30. The van der Waals surface area contributed by atoms with Crippen molar-refractivity contribution in [2.45, 2.75) is 118 Å². The average molecular weight is 2580 g/mol. The molecule has 12 heterocycles. The van der Waals surface area contributed by atoms with Gasteiger partial charge in [-0.2, -0.15) is 124 Å². The van der Waals surface area contributed by atoms with Crippen LogP contribution < -0.4 is 62.6 Å². The molecule has 2 aliphatic rings. The first-order chi connectivity index (χ1) is 66.6. The van der Waals surface area contributed by atoms with Crippen LogP contribution in [-0.2, 0) is 291 Å². The molecule has 0 unspecified atom stereocenters. The topological polar surface area (TPSA) is 449 Å². The Hall–Kier alpha value is -7.60. The quantitative estimate of drug-likeness (QED) is 0.0411. The number of benzene rings is 6. The molecule has 0 bridgehead atoms. The summed E-state index contributed by atoms with van der Waals surface area (Å²) in [5.74, 6) is 0.956. The molecule has 6 aromatic carbocycles. The zero-order valence-corrected chi connectivity index (χ0v) is 102. The zero-order chi connectivity index (χ0) is 97.5. The molecule has 2 saturated carbocycles. The Bertz CT molecular complexity index is 7290. The fraction of sp³-hybridized carbons (Fsp3) is 0.286. The third-order valence-corrected chi connectivity index (χ3v) is 25.5. The van der Waals surface area contributed by atoms with E-state index in [1.807, 2.05) is 107 Å². The normalized spacial score (nSPS) is 11.5. The standard InChI is InChI=1S/C15H13ClN5O2S.C15H13FN5O2S.C14H13ClN5O2S.C14H13FN5O2S.C13H11ClN5O2S.C13H11FN5O2S.6Y/c2*1-20-15(22)21(19-18-20)12-4-2-3-10(9-5-6-9)11(12)8-23-14-17-7-13(16)24-14;2*1-3-9-5-4-6-11(20-14(21)19(2)17-18-20)10(9)8-22-13-16-7-12(15)23-13;2*1-8-4-3-5-10(19-13(20)18(2)16-17-19)9(8)7-21-12-15-6-11(14)22-12;;;;;;/h2*2-4,9H,5-6,8H2,1H3;2*4-6H,3,8H2,1-2H3;2*3-5H,7H2,1-2H3;;;;;;/q6*-1;;;;;;. The molecule has 12 aromatic heterocycles. The van der Waals surface area contributed by atoms with Gasteiger partial charge in [0.1, 0.15) is 31.2 Å². The third-order valence-electron chi connectivity index (χ3n) is 20.6. The van der Waals surface area contributed by atoms with E-state index in [-0.39, 0.29) is 286 Å². The van der Waals surface area contributed by atoms with Crippen LogP contribution in [0.5, 0.6) is 31.2 Å². The fourth-order valence-electron chi connectivity index (χ4n) is 13.5. The van der Waals surface area contributed by atoms with Crippen molar-refractivity contribution in [1.82, 2.24) is 149 Å². The number of halogens is 6. The minimum Gasteiger partial charge on any atom is -0.550 e. The maximum atomic E-state index is 13.0. The summed E-state index contributed by atoms with van der Waals surface area (Å²) in [6.07, 6.45) is 20.5. The first-order valence-corrected chi connectivity index (χ1v) is 47.2. The van der Waals surface area contributed by atoms with Crippen molar-refractivity contribution in [3.05, 3.63) is 304 Å². The van der Waals surface area contributed by atoms with Gasteiger partial charge in [-0.1, -0.05) is 140 Å². The summed E-state index contributed by atoms with van der Waals surface area (Å²) in [5, 5.41) is 46.0. The number of rotatable bonds is 28. The molecular weight excluding hydrogens is 2510 g/mol. The summed E-state index contributed by atoms with van der Waals surface area (Å²) < 4.78 is 88.3. The summed E-state index contributed by atoms with van der Waals surface area (Å²) in [6, 6.07) is 33.8. The zero-order valence-electron chi connectivity index (χ0n) is 77.5. The number of tetrazole rings is 6. The van der Waals surface area contributed by atoms with E-state index in [1.54, 1.807) is 52.5 Å². The second-order valence-corrected chi connectivity index (χ2v) is 37.1. The molecule has 60 heteroatoms. The molecule has 6 radical (unpaired) electrons. The molecule has 2 fully saturated rings. The summed E-state index contributed by atoms with van der Waals surface area (Å²) in [5.41, 5.74) is 13.0. The van der Waals surface area contributed by atoms with Crippen LogP contribution >= 0.6 is 103 Å². The van der Waals surface area contributed by atoms with E-state index in [0.717, 1.165) is 143 Å². The van der Waals surface area contributed by atoms with Crippen LogP contribution in [0.4, 0.5) is 13.2 Å². The molecule has 0 amide bonds. The first kappa shape index (κ1) is 120. The second kappa shape index (κ2) is 56.3. The molecule has 0 saturated heterocycles. The van der Waals surface area contributed by atoms with Crippen molar-refractivity contribution < 1.29 is 238 Å². The van der Waals surface area contributed by atoms with Gasteiger partial charge < -0.3 is 58.3 Å². The minimum absolute atomic E-state index is 0. The van der Waals surface area contributed by atoms with Crippen LogP contribution in [-0.4, -0.2) is 149 Å². The van der Waals surface area contributed by atoms with E-state index < -0.39 is 15.4 Å². The van der Waals surface area contributed by atoms with Crippen molar-refractivity contribution in [3.63, 3.8) is 0 Å². The number of ether oxygens (including phenoxy) is 6. The van der Waals surface area contributed by atoms with Gasteiger partial charge in [-0.15, -0.1) is 18.6 Å². The van der Waals surface area contributed by atoms with Crippen molar-refractivity contribution in [2.24, 2.45) is 42.3 Å². The van der Waals surface area contributed by atoms with E-state index in [4.69, 9.17) is 63.2 Å². The number of hydrogen-bond acceptors (Lipinski definition) is 36. The van der Waals surface area contributed by atoms with Crippen LogP contribution in [0.25, 0.3) is 34.1 Å². The van der Waals surface area contributed by atoms with Gasteiger partial charge in [-0.25, -0.2) is 41.9 Å². The van der Waals surface area contributed by atoms with E-state index in [1.165, 1.54) is 100 Å². The molecule has 42 nitrogen and oxygen atoms in total. The molecule has 734 valence electrons. The van der Waals surface area contributed by atoms with E-state index >= 15 is 0 Å². The van der Waals surface area contributed by atoms with E-state index in [0.29, 0.717) is 74.6 Å². The van der Waals surface area contributed by atoms with Gasteiger partial charge in [0, 0.05) is 285 Å². The SMILES string of the molecule is CCc1cccc(-n2nnn(C)c2=O)c1COc1n[c-]c(Cl)s1.CCc1cccc(-n2nnn(C)c2=O)c1COc1n[c-]c(F)s1.Cc1cccc(-n2nnn(C)c2=O)c1COc1n[c-]c(Cl)s1.Cc1cccc(-n2nnn(C)c2=O)c1COc1n[c-]c(F)s1.Cn1nnn(-c2cccc(C3CC3)c2COc2n[c-]c(Cl)s2)c1=O.Cn1nnn(-c2cccc(C3CC3)c2COc2n[c-]c(F)s2)c1=O.[Y].[Y].[Y].[Y].[Y].[Y]. The van der Waals surface area contributed by atoms with Gasteiger partial charge in [0.2, 0.25) is 0 Å².